The Balaban J connectivity index is 1.53. The Labute approximate surface area is 201 Å². The predicted octanol–water partition coefficient (Wildman–Crippen LogP) is 5.56. The highest BCUT2D eigenvalue weighted by Gasteiger charge is 2.09. The van der Waals surface area contributed by atoms with Gasteiger partial charge in [-0.25, -0.2) is 5.43 Å². The van der Waals surface area contributed by atoms with E-state index in [0.29, 0.717) is 6.54 Å². The average molecular weight is 552 g/mol. The highest BCUT2D eigenvalue weighted by Crippen LogP contribution is 2.24. The van der Waals surface area contributed by atoms with Crippen molar-refractivity contribution >= 4 is 54.9 Å². The summed E-state index contributed by atoms with van der Waals surface area (Å²) in [6.07, 6.45) is 3.61. The van der Waals surface area contributed by atoms with E-state index in [4.69, 9.17) is 5.26 Å². The Kier molecular flexibility index (Phi) is 6.40. The fraction of sp³-hybridized carbons (Fsp3) is 0.0417. The minimum absolute atomic E-state index is 0.0326. The van der Waals surface area contributed by atoms with Gasteiger partial charge in [-0.3, -0.25) is 4.79 Å². The van der Waals surface area contributed by atoms with Crippen LogP contribution in [-0.4, -0.2) is 21.8 Å². The maximum Gasteiger partial charge on any atom is 0.271 e. The zero-order chi connectivity index (χ0) is 22.7. The number of aromatic hydroxyl groups is 1. The number of halogens is 2. The standard InChI is InChI=1S/C24H16Br2N4O2/c25-19-8-15(9-20(26)11-19)14-30-7-6-21-17(2-1-3-22(21)30)13-28-29-24(32)16-4-5-23(31)18(10-16)12-27/h1-11,13,31H,14H2,(H,29,32). The van der Waals surface area contributed by atoms with Crippen LogP contribution in [0.5, 0.6) is 5.75 Å². The number of rotatable bonds is 5. The number of benzene rings is 3. The molecule has 8 heteroatoms. The van der Waals surface area contributed by atoms with Gasteiger partial charge < -0.3 is 9.67 Å². The first kappa shape index (κ1) is 21.8. The summed E-state index contributed by atoms with van der Waals surface area (Å²) in [5.41, 5.74) is 5.80. The van der Waals surface area contributed by atoms with E-state index in [1.807, 2.05) is 42.6 Å². The highest BCUT2D eigenvalue weighted by molar-refractivity contribution is 9.11. The normalized spacial score (nSPS) is 11.0. The van der Waals surface area contributed by atoms with Crippen molar-refractivity contribution in [1.29, 1.82) is 5.26 Å². The number of amides is 1. The van der Waals surface area contributed by atoms with Crippen LogP contribution < -0.4 is 5.43 Å². The summed E-state index contributed by atoms with van der Waals surface area (Å²) in [7, 11) is 0. The second-order valence-corrected chi connectivity index (χ2v) is 8.88. The first-order chi connectivity index (χ1) is 15.4. The number of carbonyl (C=O) groups is 1. The zero-order valence-corrected chi connectivity index (χ0v) is 19.8. The fourth-order valence-corrected chi connectivity index (χ4v) is 4.78. The molecule has 1 heterocycles. The lowest BCUT2D eigenvalue weighted by atomic mass is 10.1. The molecule has 6 nitrogen and oxygen atoms in total. The van der Waals surface area contributed by atoms with Gasteiger partial charge in [0.1, 0.15) is 11.8 Å². The summed E-state index contributed by atoms with van der Waals surface area (Å²) in [5, 5.41) is 23.6. The minimum Gasteiger partial charge on any atom is -0.507 e. The predicted molar refractivity (Wildman–Crippen MR) is 131 cm³/mol. The highest BCUT2D eigenvalue weighted by atomic mass is 79.9. The molecule has 0 unspecified atom stereocenters. The van der Waals surface area contributed by atoms with E-state index < -0.39 is 5.91 Å². The van der Waals surface area contributed by atoms with Crippen LogP contribution in [0.15, 0.2) is 80.9 Å². The summed E-state index contributed by atoms with van der Waals surface area (Å²) in [5.74, 6) is -0.637. The molecule has 4 rings (SSSR count). The zero-order valence-electron chi connectivity index (χ0n) is 16.6. The van der Waals surface area contributed by atoms with Crippen LogP contribution in [-0.2, 0) is 6.54 Å². The molecule has 0 atom stereocenters. The van der Waals surface area contributed by atoms with Gasteiger partial charge in [0.15, 0.2) is 0 Å². The quantitative estimate of drug-likeness (QED) is 0.251. The number of aromatic nitrogens is 1. The van der Waals surface area contributed by atoms with Gasteiger partial charge in [0.25, 0.3) is 5.91 Å². The van der Waals surface area contributed by atoms with E-state index in [1.54, 1.807) is 6.21 Å². The first-order valence-electron chi connectivity index (χ1n) is 9.54. The van der Waals surface area contributed by atoms with Gasteiger partial charge in [-0.2, -0.15) is 10.4 Å². The molecule has 0 saturated carbocycles. The topological polar surface area (TPSA) is 90.4 Å². The molecule has 0 saturated heterocycles. The smallest absolute Gasteiger partial charge is 0.271 e. The summed E-state index contributed by atoms with van der Waals surface area (Å²) in [6.45, 7) is 0.709. The molecule has 0 radical (unpaired) electrons. The van der Waals surface area contributed by atoms with Gasteiger partial charge in [0, 0.05) is 43.7 Å². The number of nitrogens with zero attached hydrogens (tertiary/aromatic N) is 3. The van der Waals surface area contributed by atoms with E-state index in [1.165, 1.54) is 18.2 Å². The van der Waals surface area contributed by atoms with Crippen molar-refractivity contribution in [2.24, 2.45) is 5.10 Å². The van der Waals surface area contributed by atoms with E-state index >= 15 is 0 Å². The van der Waals surface area contributed by atoms with E-state index in [2.05, 4.69) is 59.1 Å². The number of hydrogen-bond donors (Lipinski definition) is 2. The molecule has 0 spiro atoms. The third-order valence-corrected chi connectivity index (χ3v) is 5.79. The van der Waals surface area contributed by atoms with E-state index in [9.17, 15) is 9.90 Å². The Morgan fingerprint density at radius 3 is 2.66 bits per heavy atom. The van der Waals surface area contributed by atoms with Crippen molar-refractivity contribution in [2.45, 2.75) is 6.54 Å². The number of nitrogens with one attached hydrogen (secondary N) is 1. The second-order valence-electron chi connectivity index (χ2n) is 7.04. The number of carbonyl (C=O) groups excluding carboxylic acids is 1. The first-order valence-corrected chi connectivity index (χ1v) is 11.1. The Hall–Kier alpha value is -3.41. The number of phenols is 1. The number of hydrogen-bond acceptors (Lipinski definition) is 4. The molecule has 158 valence electrons. The van der Waals surface area contributed by atoms with Crippen molar-refractivity contribution in [1.82, 2.24) is 9.99 Å². The van der Waals surface area contributed by atoms with Gasteiger partial charge in [-0.05, 0) is 54.1 Å². The third kappa shape index (κ3) is 4.74. The monoisotopic (exact) mass is 550 g/mol. The molecule has 4 aromatic rings. The van der Waals surface area contributed by atoms with Crippen LogP contribution in [0.25, 0.3) is 10.9 Å². The molecule has 0 fully saturated rings. The number of fused-ring (bicyclic) bond motifs is 1. The molecule has 1 amide bonds. The lowest BCUT2D eigenvalue weighted by Gasteiger charge is -2.08. The van der Waals surface area contributed by atoms with Gasteiger partial charge in [-0.1, -0.05) is 44.0 Å². The lowest BCUT2D eigenvalue weighted by molar-refractivity contribution is 0.0955. The summed E-state index contributed by atoms with van der Waals surface area (Å²) < 4.78 is 4.18. The fourth-order valence-electron chi connectivity index (χ4n) is 3.39. The molecule has 0 aliphatic heterocycles. The Morgan fingerprint density at radius 2 is 1.91 bits per heavy atom. The van der Waals surface area contributed by atoms with Crippen LogP contribution in [0.3, 0.4) is 0 Å². The van der Waals surface area contributed by atoms with Gasteiger partial charge in [-0.15, -0.1) is 0 Å². The summed E-state index contributed by atoms with van der Waals surface area (Å²) >= 11 is 7.05. The van der Waals surface area contributed by atoms with E-state index in [0.717, 1.165) is 31.0 Å². The molecule has 0 bridgehead atoms. The summed E-state index contributed by atoms with van der Waals surface area (Å²) in [4.78, 5) is 12.3. The Bertz CT molecular complexity index is 1380. The van der Waals surface area contributed by atoms with Crippen LogP contribution in [0, 0.1) is 11.3 Å². The van der Waals surface area contributed by atoms with Crippen LogP contribution in [0.2, 0.25) is 0 Å². The SMILES string of the molecule is N#Cc1cc(C(=O)NN=Cc2cccc3c2ccn3Cc2cc(Br)cc(Br)c2)ccc1O. The van der Waals surface area contributed by atoms with Gasteiger partial charge in [0.05, 0.1) is 11.8 Å². The molecular formula is C24H16Br2N4O2. The van der Waals surface area contributed by atoms with Crippen molar-refractivity contribution in [3.05, 3.63) is 98.1 Å². The maximum absolute atomic E-state index is 12.3. The van der Waals surface area contributed by atoms with Crippen molar-refractivity contribution in [3.63, 3.8) is 0 Å². The van der Waals surface area contributed by atoms with Crippen molar-refractivity contribution < 1.29 is 9.90 Å². The molecule has 3 aromatic carbocycles. The number of hydrazone groups is 1. The van der Waals surface area contributed by atoms with Crippen molar-refractivity contribution in [3.8, 4) is 11.8 Å². The molecule has 32 heavy (non-hydrogen) atoms. The number of phenolic OH excluding ortho intramolecular Hbond substituents is 1. The van der Waals surface area contributed by atoms with Crippen LogP contribution >= 0.6 is 31.9 Å². The second kappa shape index (κ2) is 9.39. The lowest BCUT2D eigenvalue weighted by Crippen LogP contribution is -2.17. The minimum atomic E-state index is -0.470. The molecule has 0 aliphatic rings. The number of nitriles is 1. The molecule has 1 aromatic heterocycles. The third-order valence-electron chi connectivity index (χ3n) is 4.87. The average Bonchev–Trinajstić information content (AvgIpc) is 3.17. The molecular weight excluding hydrogens is 536 g/mol. The van der Waals surface area contributed by atoms with Crippen LogP contribution in [0.4, 0.5) is 0 Å². The maximum atomic E-state index is 12.3. The van der Waals surface area contributed by atoms with E-state index in [-0.39, 0.29) is 16.9 Å². The van der Waals surface area contributed by atoms with Crippen molar-refractivity contribution in [2.75, 3.05) is 0 Å². The molecule has 2 N–H and O–H groups in total. The van der Waals surface area contributed by atoms with Gasteiger partial charge >= 0.3 is 0 Å². The Morgan fingerprint density at radius 1 is 1.12 bits per heavy atom. The largest absolute Gasteiger partial charge is 0.507 e. The van der Waals surface area contributed by atoms with Crippen LogP contribution in [0.1, 0.15) is 27.0 Å². The molecule has 0 aliphatic carbocycles. The van der Waals surface area contributed by atoms with Gasteiger partial charge in [0.2, 0.25) is 0 Å². The summed E-state index contributed by atoms with van der Waals surface area (Å²) in [6, 6.07) is 20.0.